The molecule has 5 heteroatoms. The monoisotopic (exact) mass is 295 g/mol. The molecule has 0 amide bonds. The molecule has 0 atom stereocenters. The van der Waals surface area contributed by atoms with Gasteiger partial charge in [0.05, 0.1) is 12.8 Å². The van der Waals surface area contributed by atoms with Crippen LogP contribution in [0.5, 0.6) is 0 Å². The fourth-order valence-electron chi connectivity index (χ4n) is 2.57. The van der Waals surface area contributed by atoms with Crippen molar-refractivity contribution in [3.63, 3.8) is 0 Å². The highest BCUT2D eigenvalue weighted by Gasteiger charge is 2.30. The van der Waals surface area contributed by atoms with Crippen LogP contribution in [0.25, 0.3) is 11.6 Å². The molecule has 4 rings (SSSR count). The van der Waals surface area contributed by atoms with E-state index in [1.165, 1.54) is 18.4 Å². The summed E-state index contributed by atoms with van der Waals surface area (Å²) in [5, 5.41) is 3.99. The Labute approximate surface area is 128 Å². The lowest BCUT2D eigenvalue weighted by Gasteiger charge is -2.19. The van der Waals surface area contributed by atoms with Crippen LogP contribution >= 0.6 is 0 Å². The molecular weight excluding hydrogens is 278 g/mol. The topological polar surface area (TPSA) is 55.3 Å². The molecule has 3 aromatic rings. The molecule has 1 aromatic carbocycles. The van der Waals surface area contributed by atoms with E-state index in [0.717, 1.165) is 6.54 Å². The van der Waals surface area contributed by atoms with Crippen LogP contribution in [0.1, 0.15) is 24.3 Å². The van der Waals surface area contributed by atoms with Crippen molar-refractivity contribution in [2.75, 3.05) is 0 Å². The average molecular weight is 295 g/mol. The number of furan rings is 1. The lowest BCUT2D eigenvalue weighted by atomic mass is 10.2. The van der Waals surface area contributed by atoms with Crippen LogP contribution < -0.4 is 0 Å². The lowest BCUT2D eigenvalue weighted by molar-refractivity contribution is 0.209. The van der Waals surface area contributed by atoms with Gasteiger partial charge in [-0.1, -0.05) is 35.5 Å². The molecule has 0 bridgehead atoms. The first-order chi connectivity index (χ1) is 10.9. The molecule has 1 fully saturated rings. The minimum absolute atomic E-state index is 0.510. The van der Waals surface area contributed by atoms with Gasteiger partial charge in [0, 0.05) is 12.6 Å². The number of nitrogens with zero attached hydrogens (tertiary/aromatic N) is 3. The highest BCUT2D eigenvalue weighted by molar-refractivity contribution is 5.44. The third kappa shape index (κ3) is 2.94. The number of rotatable bonds is 6. The quantitative estimate of drug-likeness (QED) is 0.696. The van der Waals surface area contributed by atoms with Crippen molar-refractivity contribution < 1.29 is 8.94 Å². The molecule has 1 aliphatic carbocycles. The Morgan fingerprint density at radius 2 is 1.91 bits per heavy atom. The van der Waals surface area contributed by atoms with Gasteiger partial charge in [-0.2, -0.15) is 4.98 Å². The molecule has 0 aliphatic heterocycles. The van der Waals surface area contributed by atoms with Crippen LogP contribution in [-0.2, 0) is 13.1 Å². The molecular formula is C17H17N3O2. The van der Waals surface area contributed by atoms with Gasteiger partial charge >= 0.3 is 0 Å². The summed E-state index contributed by atoms with van der Waals surface area (Å²) in [6.45, 7) is 1.58. The molecule has 5 nitrogen and oxygen atoms in total. The molecule has 0 radical (unpaired) electrons. The first kappa shape index (κ1) is 13.3. The standard InChI is InChI=1S/C17H17N3O2/c1-2-5-13(6-3-1)11-20(14-8-9-14)12-16-18-17(19-22-16)15-7-4-10-21-15/h1-7,10,14H,8-9,11-12H2. The Balaban J connectivity index is 1.48. The van der Waals surface area contributed by atoms with E-state index in [1.807, 2.05) is 18.2 Å². The number of benzene rings is 1. The summed E-state index contributed by atoms with van der Waals surface area (Å²) < 4.78 is 10.7. The van der Waals surface area contributed by atoms with Crippen LogP contribution in [0, 0.1) is 0 Å². The van der Waals surface area contributed by atoms with E-state index in [0.29, 0.717) is 30.1 Å². The summed E-state index contributed by atoms with van der Waals surface area (Å²) in [4.78, 5) is 6.83. The smallest absolute Gasteiger partial charge is 0.241 e. The van der Waals surface area contributed by atoms with Crippen LogP contribution in [0.4, 0.5) is 0 Å². The molecule has 0 saturated heterocycles. The zero-order valence-corrected chi connectivity index (χ0v) is 12.2. The van der Waals surface area contributed by atoms with Crippen LogP contribution in [0.2, 0.25) is 0 Å². The van der Waals surface area contributed by atoms with Crippen molar-refractivity contribution in [1.29, 1.82) is 0 Å². The normalized spacial score (nSPS) is 14.6. The zero-order chi connectivity index (χ0) is 14.8. The summed E-state index contributed by atoms with van der Waals surface area (Å²) in [6.07, 6.45) is 4.09. The van der Waals surface area contributed by atoms with E-state index in [-0.39, 0.29) is 0 Å². The van der Waals surface area contributed by atoms with Gasteiger partial charge in [0.15, 0.2) is 5.76 Å². The predicted molar refractivity (Wildman–Crippen MR) is 80.7 cm³/mol. The van der Waals surface area contributed by atoms with Gasteiger partial charge in [-0.3, -0.25) is 4.90 Å². The van der Waals surface area contributed by atoms with E-state index in [9.17, 15) is 0 Å². The van der Waals surface area contributed by atoms with Gasteiger partial charge in [-0.05, 0) is 30.5 Å². The Morgan fingerprint density at radius 1 is 1.05 bits per heavy atom. The average Bonchev–Trinajstić information content (AvgIpc) is 3.06. The number of hydrogen-bond acceptors (Lipinski definition) is 5. The molecule has 0 N–H and O–H groups in total. The fraction of sp³-hybridized carbons (Fsp3) is 0.294. The maximum atomic E-state index is 5.37. The second-order valence-corrected chi connectivity index (χ2v) is 5.61. The molecule has 0 spiro atoms. The maximum absolute atomic E-state index is 5.37. The molecule has 112 valence electrons. The van der Waals surface area contributed by atoms with Crippen molar-refractivity contribution >= 4 is 0 Å². The van der Waals surface area contributed by atoms with E-state index in [4.69, 9.17) is 8.94 Å². The van der Waals surface area contributed by atoms with Gasteiger partial charge in [0.2, 0.25) is 11.7 Å². The Bertz CT molecular complexity index is 717. The second-order valence-electron chi connectivity index (χ2n) is 5.61. The van der Waals surface area contributed by atoms with Crippen molar-refractivity contribution in [3.8, 4) is 11.6 Å². The van der Waals surface area contributed by atoms with Gasteiger partial charge in [-0.15, -0.1) is 0 Å². The summed E-state index contributed by atoms with van der Waals surface area (Å²) >= 11 is 0. The van der Waals surface area contributed by atoms with Crippen LogP contribution in [0.15, 0.2) is 57.7 Å². The first-order valence-corrected chi connectivity index (χ1v) is 7.53. The van der Waals surface area contributed by atoms with Gasteiger partial charge in [-0.25, -0.2) is 0 Å². The van der Waals surface area contributed by atoms with E-state index < -0.39 is 0 Å². The van der Waals surface area contributed by atoms with Crippen molar-refractivity contribution in [1.82, 2.24) is 15.0 Å². The number of aromatic nitrogens is 2. The maximum Gasteiger partial charge on any atom is 0.241 e. The summed E-state index contributed by atoms with van der Waals surface area (Å²) in [5.74, 6) is 1.78. The minimum atomic E-state index is 0.510. The van der Waals surface area contributed by atoms with Gasteiger partial charge < -0.3 is 8.94 Å². The third-order valence-corrected chi connectivity index (χ3v) is 3.84. The predicted octanol–water partition coefficient (Wildman–Crippen LogP) is 3.49. The Morgan fingerprint density at radius 3 is 2.64 bits per heavy atom. The van der Waals surface area contributed by atoms with E-state index >= 15 is 0 Å². The number of hydrogen-bond donors (Lipinski definition) is 0. The van der Waals surface area contributed by atoms with Crippen molar-refractivity contribution in [2.24, 2.45) is 0 Å². The molecule has 0 unspecified atom stereocenters. The molecule has 1 saturated carbocycles. The van der Waals surface area contributed by atoms with E-state index in [2.05, 4.69) is 39.3 Å². The Kier molecular flexibility index (Phi) is 3.48. The van der Waals surface area contributed by atoms with Gasteiger partial charge in [0.1, 0.15) is 0 Å². The van der Waals surface area contributed by atoms with Crippen molar-refractivity contribution in [3.05, 3.63) is 60.2 Å². The summed E-state index contributed by atoms with van der Waals surface area (Å²) in [5.41, 5.74) is 1.31. The molecule has 1 aliphatic rings. The summed E-state index contributed by atoms with van der Waals surface area (Å²) in [6, 6.07) is 14.8. The lowest BCUT2D eigenvalue weighted by Crippen LogP contribution is -2.25. The van der Waals surface area contributed by atoms with Gasteiger partial charge in [0.25, 0.3) is 0 Å². The van der Waals surface area contributed by atoms with Crippen molar-refractivity contribution in [2.45, 2.75) is 32.0 Å². The fourth-order valence-corrected chi connectivity index (χ4v) is 2.57. The highest BCUT2D eigenvalue weighted by atomic mass is 16.5. The van der Waals surface area contributed by atoms with E-state index in [1.54, 1.807) is 6.26 Å². The Hall–Kier alpha value is -2.40. The van der Waals surface area contributed by atoms with Crippen LogP contribution in [0.3, 0.4) is 0 Å². The van der Waals surface area contributed by atoms with Crippen LogP contribution in [-0.4, -0.2) is 21.1 Å². The molecule has 2 aromatic heterocycles. The first-order valence-electron chi connectivity index (χ1n) is 7.53. The minimum Gasteiger partial charge on any atom is -0.461 e. The molecule has 2 heterocycles. The SMILES string of the molecule is c1ccc(CN(Cc2nc(-c3ccco3)no2)C2CC2)cc1. The molecule has 22 heavy (non-hydrogen) atoms. The third-order valence-electron chi connectivity index (χ3n) is 3.84. The summed E-state index contributed by atoms with van der Waals surface area (Å²) in [7, 11) is 0. The highest BCUT2D eigenvalue weighted by Crippen LogP contribution is 2.30. The zero-order valence-electron chi connectivity index (χ0n) is 12.2. The second kappa shape index (κ2) is 5.77. The largest absolute Gasteiger partial charge is 0.461 e.